The summed E-state index contributed by atoms with van der Waals surface area (Å²) in [7, 11) is 0. The molecule has 0 radical (unpaired) electrons. The number of unbranched alkanes of at least 4 members (excludes halogenated alkanes) is 17. The summed E-state index contributed by atoms with van der Waals surface area (Å²) in [4.78, 5) is 19.8. The summed E-state index contributed by atoms with van der Waals surface area (Å²) in [5, 5.41) is 16.3. The number of hydrogen-bond acceptors (Lipinski definition) is 4. The Balaban J connectivity index is -0.000000492. The summed E-state index contributed by atoms with van der Waals surface area (Å²) in [6.45, 7) is 8.75. The number of carboxylic acids is 2. The summed E-state index contributed by atoms with van der Waals surface area (Å²) >= 11 is 0. The zero-order chi connectivity index (χ0) is 29.3. The third-order valence-electron chi connectivity index (χ3n) is 6.56. The molecule has 38 heavy (non-hydrogen) atoms. The Bertz CT molecular complexity index is 428. The van der Waals surface area contributed by atoms with Crippen molar-refractivity contribution in [2.45, 2.75) is 194 Å². The number of hydrogen-bond donors (Lipinski definition) is 4. The molecule has 0 rings (SSSR count). The molecular formula is C32H68N2O4. The van der Waals surface area contributed by atoms with Crippen molar-refractivity contribution >= 4 is 11.9 Å². The molecule has 0 aromatic heterocycles. The van der Waals surface area contributed by atoms with E-state index in [1.165, 1.54) is 128 Å². The van der Waals surface area contributed by atoms with Crippen molar-refractivity contribution in [2.75, 3.05) is 0 Å². The lowest BCUT2D eigenvalue weighted by Gasteiger charge is -2.04. The molecular weight excluding hydrogens is 476 g/mol. The highest BCUT2D eigenvalue weighted by molar-refractivity contribution is 5.67. The Morgan fingerprint density at radius 1 is 0.474 bits per heavy atom. The van der Waals surface area contributed by atoms with Gasteiger partial charge in [0.05, 0.1) is 0 Å². The van der Waals surface area contributed by atoms with Crippen molar-refractivity contribution in [1.29, 1.82) is 0 Å². The van der Waals surface area contributed by atoms with Gasteiger partial charge in [0.2, 0.25) is 0 Å². The molecule has 6 N–H and O–H groups in total. The minimum Gasteiger partial charge on any atom is -0.481 e. The fourth-order valence-corrected chi connectivity index (χ4v) is 4.11. The Labute approximate surface area is 237 Å². The quantitative estimate of drug-likeness (QED) is 0.0848. The van der Waals surface area contributed by atoms with Crippen molar-refractivity contribution < 1.29 is 19.8 Å². The second-order valence-corrected chi connectivity index (χ2v) is 11.2. The van der Waals surface area contributed by atoms with Crippen LogP contribution in [0, 0.1) is 0 Å². The van der Waals surface area contributed by atoms with E-state index in [0.29, 0.717) is 24.9 Å². The van der Waals surface area contributed by atoms with Gasteiger partial charge in [-0.1, -0.05) is 129 Å². The highest BCUT2D eigenvalue weighted by atomic mass is 16.4. The van der Waals surface area contributed by atoms with Gasteiger partial charge < -0.3 is 21.7 Å². The first-order valence-corrected chi connectivity index (χ1v) is 16.1. The standard InChI is InChI=1S/2C13H29N.C6H10O4/c2*1-3-4-5-6-7-8-9-10-11-12-13(2)14;7-5(8)3-1-2-4-6(9)10/h2*13H,3-12,14H2,1-2H3;1-4H2,(H,7,8)(H,9,10). The van der Waals surface area contributed by atoms with Crippen LogP contribution in [0.15, 0.2) is 0 Å². The zero-order valence-corrected chi connectivity index (χ0v) is 26.0. The van der Waals surface area contributed by atoms with Crippen LogP contribution in [0.3, 0.4) is 0 Å². The topological polar surface area (TPSA) is 127 Å². The fraction of sp³-hybridized carbons (Fsp3) is 0.938. The number of aliphatic carboxylic acids is 2. The molecule has 0 aliphatic carbocycles. The summed E-state index contributed by atoms with van der Waals surface area (Å²) in [5.41, 5.74) is 11.4. The van der Waals surface area contributed by atoms with Crippen LogP contribution in [0.5, 0.6) is 0 Å². The van der Waals surface area contributed by atoms with E-state index in [9.17, 15) is 9.59 Å². The molecule has 0 saturated carbocycles. The van der Waals surface area contributed by atoms with Gasteiger partial charge in [-0.15, -0.1) is 0 Å². The molecule has 0 aliphatic heterocycles. The smallest absolute Gasteiger partial charge is 0.303 e. The Kier molecular flexibility index (Phi) is 39.0. The first-order chi connectivity index (χ1) is 18.2. The maximum atomic E-state index is 9.90. The van der Waals surface area contributed by atoms with Crippen LogP contribution in [-0.4, -0.2) is 34.2 Å². The molecule has 230 valence electrons. The largest absolute Gasteiger partial charge is 0.481 e. The summed E-state index contributed by atoms with van der Waals surface area (Å²) in [6.07, 6.45) is 28.8. The van der Waals surface area contributed by atoms with Gasteiger partial charge in [-0.25, -0.2) is 0 Å². The van der Waals surface area contributed by atoms with Gasteiger partial charge in [0, 0.05) is 24.9 Å². The van der Waals surface area contributed by atoms with E-state index in [0.717, 1.165) is 0 Å². The van der Waals surface area contributed by atoms with Gasteiger partial charge in [0.1, 0.15) is 0 Å². The molecule has 2 atom stereocenters. The van der Waals surface area contributed by atoms with Crippen molar-refractivity contribution in [3.8, 4) is 0 Å². The molecule has 0 spiro atoms. The number of rotatable bonds is 25. The van der Waals surface area contributed by atoms with Gasteiger partial charge in [-0.2, -0.15) is 0 Å². The molecule has 0 aromatic rings. The van der Waals surface area contributed by atoms with E-state index in [1.54, 1.807) is 0 Å². The Morgan fingerprint density at radius 2 is 0.711 bits per heavy atom. The van der Waals surface area contributed by atoms with E-state index < -0.39 is 11.9 Å². The molecule has 0 heterocycles. The van der Waals surface area contributed by atoms with Gasteiger partial charge in [0.25, 0.3) is 0 Å². The van der Waals surface area contributed by atoms with Gasteiger partial charge in [-0.05, 0) is 39.5 Å². The maximum absolute atomic E-state index is 9.90. The van der Waals surface area contributed by atoms with Gasteiger partial charge >= 0.3 is 11.9 Å². The highest BCUT2D eigenvalue weighted by Crippen LogP contribution is 2.11. The average molecular weight is 545 g/mol. The normalized spacial score (nSPS) is 12.1. The van der Waals surface area contributed by atoms with E-state index in [-0.39, 0.29) is 12.8 Å². The summed E-state index contributed by atoms with van der Waals surface area (Å²) in [5.74, 6) is -1.74. The molecule has 0 fully saturated rings. The average Bonchev–Trinajstić information content (AvgIpc) is 2.85. The van der Waals surface area contributed by atoms with Gasteiger partial charge in [0.15, 0.2) is 0 Å². The first kappa shape index (κ1) is 41.3. The van der Waals surface area contributed by atoms with E-state index in [1.807, 2.05) is 0 Å². The molecule has 0 aliphatic rings. The zero-order valence-electron chi connectivity index (χ0n) is 26.0. The highest BCUT2D eigenvalue weighted by Gasteiger charge is 1.99. The third-order valence-corrected chi connectivity index (χ3v) is 6.56. The van der Waals surface area contributed by atoms with Crippen molar-refractivity contribution in [2.24, 2.45) is 11.5 Å². The van der Waals surface area contributed by atoms with E-state index in [4.69, 9.17) is 21.7 Å². The summed E-state index contributed by atoms with van der Waals surface area (Å²) < 4.78 is 0. The van der Waals surface area contributed by atoms with Crippen LogP contribution in [-0.2, 0) is 9.59 Å². The third kappa shape index (κ3) is 51.5. The van der Waals surface area contributed by atoms with Crippen LogP contribution in [0.1, 0.15) is 182 Å². The second-order valence-electron chi connectivity index (χ2n) is 11.2. The molecule has 0 amide bonds. The minimum absolute atomic E-state index is 0.0628. The number of carboxylic acid groups (broad SMARTS) is 2. The van der Waals surface area contributed by atoms with E-state index >= 15 is 0 Å². The summed E-state index contributed by atoms with van der Waals surface area (Å²) in [6, 6.07) is 0.805. The minimum atomic E-state index is -0.870. The van der Waals surface area contributed by atoms with Crippen LogP contribution in [0.2, 0.25) is 0 Å². The second kappa shape index (κ2) is 35.9. The molecule has 2 unspecified atom stereocenters. The van der Waals surface area contributed by atoms with Gasteiger partial charge in [-0.3, -0.25) is 9.59 Å². The lowest BCUT2D eigenvalue weighted by Crippen LogP contribution is -2.13. The lowest BCUT2D eigenvalue weighted by atomic mass is 10.1. The Hall–Kier alpha value is -1.14. The predicted octanol–water partition coefficient (Wildman–Crippen LogP) is 9.23. The number of nitrogens with two attached hydrogens (primary N) is 2. The molecule has 0 bridgehead atoms. The van der Waals surface area contributed by atoms with Crippen LogP contribution < -0.4 is 11.5 Å². The molecule has 0 saturated heterocycles. The molecule has 0 aromatic carbocycles. The predicted molar refractivity (Wildman–Crippen MR) is 165 cm³/mol. The first-order valence-electron chi connectivity index (χ1n) is 16.1. The van der Waals surface area contributed by atoms with E-state index in [2.05, 4.69) is 27.7 Å². The lowest BCUT2D eigenvalue weighted by molar-refractivity contribution is -0.139. The molecule has 6 nitrogen and oxygen atoms in total. The van der Waals surface area contributed by atoms with Crippen molar-refractivity contribution in [3.63, 3.8) is 0 Å². The SMILES string of the molecule is CCCCCCCCCCCC(C)N.CCCCCCCCCCCC(C)N.O=C(O)CCCCC(=O)O. The fourth-order valence-electron chi connectivity index (χ4n) is 4.11. The van der Waals surface area contributed by atoms with Crippen molar-refractivity contribution in [1.82, 2.24) is 0 Å². The van der Waals surface area contributed by atoms with Crippen molar-refractivity contribution in [3.05, 3.63) is 0 Å². The molecule has 6 heteroatoms. The van der Waals surface area contributed by atoms with Crippen LogP contribution in [0.4, 0.5) is 0 Å². The maximum Gasteiger partial charge on any atom is 0.303 e. The Morgan fingerprint density at radius 3 is 0.921 bits per heavy atom. The number of carbonyl (C=O) groups is 2. The monoisotopic (exact) mass is 545 g/mol. The van der Waals surface area contributed by atoms with Crippen LogP contribution >= 0.6 is 0 Å². The van der Waals surface area contributed by atoms with Crippen LogP contribution in [0.25, 0.3) is 0 Å².